The van der Waals surface area contributed by atoms with Crippen molar-refractivity contribution >= 4 is 29.5 Å². The zero-order valence-corrected chi connectivity index (χ0v) is 9.32. The van der Waals surface area contributed by atoms with Crippen molar-refractivity contribution in [2.24, 2.45) is 5.73 Å². The van der Waals surface area contributed by atoms with Crippen LogP contribution in [-0.4, -0.2) is 12.8 Å². The molecule has 0 unspecified atom stereocenters. The van der Waals surface area contributed by atoms with E-state index in [0.29, 0.717) is 34.9 Å². The fourth-order valence-electron chi connectivity index (χ4n) is 1.35. The fraction of sp³-hybridized carbons (Fsp3) is 0.300. The highest BCUT2D eigenvalue weighted by molar-refractivity contribution is 6.39. The van der Waals surface area contributed by atoms with Gasteiger partial charge in [0.2, 0.25) is 0 Å². The lowest BCUT2D eigenvalue weighted by atomic mass is 10.0. The molecule has 0 bridgehead atoms. The molecule has 4 heteroatoms. The van der Waals surface area contributed by atoms with Gasteiger partial charge in [0.25, 0.3) is 0 Å². The molecule has 1 rings (SSSR count). The van der Waals surface area contributed by atoms with Gasteiger partial charge in [-0.1, -0.05) is 23.2 Å². The minimum absolute atomic E-state index is 0.349. The van der Waals surface area contributed by atoms with Gasteiger partial charge in [0.1, 0.15) is 0 Å². The lowest BCUT2D eigenvalue weighted by Gasteiger charge is -2.10. The minimum atomic E-state index is 0.349. The zero-order chi connectivity index (χ0) is 10.7. The number of hydrogen-bond acceptors (Lipinski definition) is 2. The average molecular weight is 232 g/mol. The van der Waals surface area contributed by atoms with Crippen LogP contribution in [0.25, 0.3) is 0 Å². The van der Waals surface area contributed by atoms with E-state index in [2.05, 4.69) is 0 Å². The summed E-state index contributed by atoms with van der Waals surface area (Å²) in [4.78, 5) is 10.7. The third-order valence-electron chi connectivity index (χ3n) is 2.09. The Kier molecular flexibility index (Phi) is 3.93. The highest BCUT2D eigenvalue weighted by atomic mass is 35.5. The fourth-order valence-corrected chi connectivity index (χ4v) is 2.10. The van der Waals surface area contributed by atoms with E-state index in [1.165, 1.54) is 0 Å². The highest BCUT2D eigenvalue weighted by Gasteiger charge is 2.12. The second-order valence-electron chi connectivity index (χ2n) is 3.04. The van der Waals surface area contributed by atoms with Gasteiger partial charge in [-0.15, -0.1) is 0 Å². The summed E-state index contributed by atoms with van der Waals surface area (Å²) in [6, 6.07) is 1.74. The van der Waals surface area contributed by atoms with Gasteiger partial charge in [-0.3, -0.25) is 4.79 Å². The molecule has 0 aliphatic heterocycles. The molecule has 0 spiro atoms. The van der Waals surface area contributed by atoms with E-state index in [9.17, 15) is 4.79 Å². The van der Waals surface area contributed by atoms with Crippen LogP contribution in [0.4, 0.5) is 0 Å². The Morgan fingerprint density at radius 3 is 2.64 bits per heavy atom. The third kappa shape index (κ3) is 2.08. The molecule has 1 aromatic rings. The lowest BCUT2D eigenvalue weighted by molar-refractivity contribution is 0.112. The van der Waals surface area contributed by atoms with E-state index in [-0.39, 0.29) is 0 Å². The summed E-state index contributed by atoms with van der Waals surface area (Å²) < 4.78 is 0. The van der Waals surface area contributed by atoms with Crippen molar-refractivity contribution < 1.29 is 4.79 Å². The van der Waals surface area contributed by atoms with Crippen LogP contribution in [0.15, 0.2) is 6.07 Å². The van der Waals surface area contributed by atoms with Crippen molar-refractivity contribution in [2.75, 3.05) is 6.54 Å². The molecule has 14 heavy (non-hydrogen) atoms. The van der Waals surface area contributed by atoms with Gasteiger partial charge in [0, 0.05) is 0 Å². The first-order valence-electron chi connectivity index (χ1n) is 4.24. The van der Waals surface area contributed by atoms with Crippen molar-refractivity contribution in [1.29, 1.82) is 0 Å². The topological polar surface area (TPSA) is 43.1 Å². The Hall–Kier alpha value is -0.570. The van der Waals surface area contributed by atoms with Gasteiger partial charge < -0.3 is 5.73 Å². The number of hydrogen-bond donors (Lipinski definition) is 1. The van der Waals surface area contributed by atoms with Crippen LogP contribution in [-0.2, 0) is 6.42 Å². The number of aldehydes is 1. The van der Waals surface area contributed by atoms with E-state index in [1.54, 1.807) is 6.07 Å². The summed E-state index contributed by atoms with van der Waals surface area (Å²) in [6.45, 7) is 2.40. The van der Waals surface area contributed by atoms with Crippen LogP contribution < -0.4 is 5.73 Å². The molecular weight excluding hydrogens is 221 g/mol. The van der Waals surface area contributed by atoms with Crippen LogP contribution in [0, 0.1) is 6.92 Å². The van der Waals surface area contributed by atoms with E-state index >= 15 is 0 Å². The van der Waals surface area contributed by atoms with Crippen molar-refractivity contribution in [3.05, 3.63) is 32.8 Å². The van der Waals surface area contributed by atoms with E-state index in [0.717, 1.165) is 11.1 Å². The first kappa shape index (κ1) is 11.5. The summed E-state index contributed by atoms with van der Waals surface area (Å²) in [7, 11) is 0. The minimum Gasteiger partial charge on any atom is -0.330 e. The summed E-state index contributed by atoms with van der Waals surface area (Å²) >= 11 is 11.9. The highest BCUT2D eigenvalue weighted by Crippen LogP contribution is 2.29. The molecule has 0 aliphatic rings. The summed E-state index contributed by atoms with van der Waals surface area (Å²) in [5, 5.41) is 0.818. The summed E-state index contributed by atoms with van der Waals surface area (Å²) in [5.41, 5.74) is 7.67. The van der Waals surface area contributed by atoms with E-state index in [4.69, 9.17) is 28.9 Å². The molecule has 0 heterocycles. The Morgan fingerprint density at radius 1 is 1.50 bits per heavy atom. The average Bonchev–Trinajstić information content (AvgIpc) is 2.12. The largest absolute Gasteiger partial charge is 0.330 e. The summed E-state index contributed by atoms with van der Waals surface area (Å²) in [6.07, 6.45) is 1.33. The van der Waals surface area contributed by atoms with E-state index < -0.39 is 0 Å². The molecule has 0 fully saturated rings. The predicted molar refractivity (Wildman–Crippen MR) is 59.3 cm³/mol. The molecule has 0 radical (unpaired) electrons. The van der Waals surface area contributed by atoms with Crippen LogP contribution in [0.1, 0.15) is 21.5 Å². The molecule has 2 N–H and O–H groups in total. The van der Waals surface area contributed by atoms with Gasteiger partial charge in [-0.05, 0) is 37.1 Å². The third-order valence-corrected chi connectivity index (χ3v) is 2.83. The maximum absolute atomic E-state index is 10.7. The maximum atomic E-state index is 10.7. The molecule has 2 nitrogen and oxygen atoms in total. The number of benzene rings is 1. The van der Waals surface area contributed by atoms with Crippen molar-refractivity contribution in [3.63, 3.8) is 0 Å². The number of halogens is 2. The summed E-state index contributed by atoms with van der Waals surface area (Å²) in [5.74, 6) is 0. The molecule has 76 valence electrons. The smallest absolute Gasteiger partial charge is 0.153 e. The monoisotopic (exact) mass is 231 g/mol. The van der Waals surface area contributed by atoms with Crippen molar-refractivity contribution in [1.82, 2.24) is 0 Å². The van der Waals surface area contributed by atoms with Crippen LogP contribution >= 0.6 is 23.2 Å². The van der Waals surface area contributed by atoms with Gasteiger partial charge in [0.15, 0.2) is 6.29 Å². The number of nitrogens with two attached hydrogens (primary N) is 1. The second kappa shape index (κ2) is 4.78. The van der Waals surface area contributed by atoms with Crippen molar-refractivity contribution in [3.8, 4) is 0 Å². The van der Waals surface area contributed by atoms with Crippen molar-refractivity contribution in [2.45, 2.75) is 13.3 Å². The molecule has 0 saturated heterocycles. The molecule has 0 aromatic heterocycles. The normalized spacial score (nSPS) is 10.3. The Morgan fingerprint density at radius 2 is 2.14 bits per heavy atom. The SMILES string of the molecule is Cc1cc(Cl)c(C=O)c(Cl)c1CCN. The molecule has 1 aromatic carbocycles. The molecule has 0 aliphatic carbocycles. The standard InChI is InChI=1S/C10H11Cl2NO/c1-6-4-9(11)8(5-14)10(12)7(6)2-3-13/h4-5H,2-3,13H2,1H3. The number of aryl methyl sites for hydroxylation is 1. The second-order valence-corrected chi connectivity index (χ2v) is 3.82. The Labute approximate surface area is 93.0 Å². The van der Waals surface area contributed by atoms with Gasteiger partial charge in [-0.2, -0.15) is 0 Å². The zero-order valence-electron chi connectivity index (χ0n) is 7.81. The van der Waals surface area contributed by atoms with Crippen LogP contribution in [0.5, 0.6) is 0 Å². The maximum Gasteiger partial charge on any atom is 0.153 e. The number of carbonyl (C=O) groups excluding carboxylic acids is 1. The van der Waals surface area contributed by atoms with Crippen LogP contribution in [0.3, 0.4) is 0 Å². The van der Waals surface area contributed by atoms with E-state index in [1.807, 2.05) is 6.92 Å². The molecule has 0 saturated carbocycles. The molecular formula is C10H11Cl2NO. The molecule has 0 atom stereocenters. The van der Waals surface area contributed by atoms with Gasteiger partial charge in [0.05, 0.1) is 15.6 Å². The van der Waals surface area contributed by atoms with Crippen LogP contribution in [0.2, 0.25) is 10.0 Å². The Balaban J connectivity index is 3.35. The quantitative estimate of drug-likeness (QED) is 0.814. The van der Waals surface area contributed by atoms with Gasteiger partial charge >= 0.3 is 0 Å². The lowest BCUT2D eigenvalue weighted by Crippen LogP contribution is -2.06. The first-order valence-corrected chi connectivity index (χ1v) is 5.00. The number of carbonyl (C=O) groups is 1. The first-order chi connectivity index (χ1) is 6.61. The molecule has 0 amide bonds. The predicted octanol–water partition coefficient (Wildman–Crippen LogP) is 2.62. The number of rotatable bonds is 3. The van der Waals surface area contributed by atoms with Gasteiger partial charge in [-0.25, -0.2) is 0 Å². The Bertz CT molecular complexity index is 364.